The molecule has 1 saturated carbocycles. The average molecular weight is 266 g/mol. The first-order valence-electron chi connectivity index (χ1n) is 6.01. The van der Waals surface area contributed by atoms with Crippen molar-refractivity contribution >= 4 is 23.5 Å². The Bertz CT molecular complexity index is 409. The normalized spacial score (nSPS) is 22.8. The molecule has 1 heterocycles. The molecule has 0 bridgehead atoms. The second-order valence-electron chi connectivity index (χ2n) is 4.36. The molecule has 1 aromatic rings. The third kappa shape index (κ3) is 2.94. The fraction of sp³-hybridized carbons (Fsp3) is 0.500. The van der Waals surface area contributed by atoms with Crippen LogP contribution in [0.1, 0.15) is 29.6 Å². The van der Waals surface area contributed by atoms with Crippen LogP contribution in [0.4, 0.5) is 5.82 Å². The molecule has 98 valence electrons. The van der Waals surface area contributed by atoms with Gasteiger partial charge in [0.15, 0.2) is 0 Å². The highest BCUT2D eigenvalue weighted by molar-refractivity contribution is 7.99. The lowest BCUT2D eigenvalue weighted by molar-refractivity contribution is 0.0938. The van der Waals surface area contributed by atoms with E-state index in [-0.39, 0.29) is 11.9 Å². The maximum atomic E-state index is 12.0. The minimum atomic E-state index is -0.0583. The first-order valence-corrected chi connectivity index (χ1v) is 7.29. The molecule has 6 heteroatoms. The molecular weight excluding hydrogens is 248 g/mol. The Morgan fingerprint density at radius 1 is 1.50 bits per heavy atom. The van der Waals surface area contributed by atoms with Crippen LogP contribution < -0.4 is 16.6 Å². The van der Waals surface area contributed by atoms with Gasteiger partial charge >= 0.3 is 0 Å². The maximum Gasteiger partial charge on any atom is 0.253 e. The number of thioether (sulfide) groups is 1. The van der Waals surface area contributed by atoms with Gasteiger partial charge in [-0.05, 0) is 31.2 Å². The van der Waals surface area contributed by atoms with Crippen molar-refractivity contribution in [2.24, 2.45) is 5.84 Å². The Morgan fingerprint density at radius 2 is 2.33 bits per heavy atom. The van der Waals surface area contributed by atoms with Crippen molar-refractivity contribution in [2.45, 2.75) is 30.6 Å². The summed E-state index contributed by atoms with van der Waals surface area (Å²) in [5, 5.41) is 3.62. The lowest BCUT2D eigenvalue weighted by Gasteiger charge is -2.19. The van der Waals surface area contributed by atoms with E-state index in [1.807, 2.05) is 11.8 Å². The number of aromatic nitrogens is 1. The predicted molar refractivity (Wildman–Crippen MR) is 74.5 cm³/mol. The quantitative estimate of drug-likeness (QED) is 0.567. The van der Waals surface area contributed by atoms with Crippen molar-refractivity contribution < 1.29 is 4.79 Å². The van der Waals surface area contributed by atoms with Gasteiger partial charge in [-0.3, -0.25) is 4.79 Å². The number of nitrogens with two attached hydrogens (primary N) is 1. The first kappa shape index (κ1) is 13.2. The van der Waals surface area contributed by atoms with Gasteiger partial charge in [-0.1, -0.05) is 6.42 Å². The van der Waals surface area contributed by atoms with E-state index in [0.29, 0.717) is 16.6 Å². The van der Waals surface area contributed by atoms with Crippen LogP contribution in [0.25, 0.3) is 0 Å². The predicted octanol–water partition coefficient (Wildman–Crippen LogP) is 1.38. The number of hydrogen-bond donors (Lipinski definition) is 3. The highest BCUT2D eigenvalue weighted by atomic mass is 32.2. The van der Waals surface area contributed by atoms with Gasteiger partial charge in [-0.25, -0.2) is 10.8 Å². The molecule has 0 spiro atoms. The molecule has 5 nitrogen and oxygen atoms in total. The molecular formula is C12H18N4OS. The SMILES string of the molecule is CSC1CCCC1NC(=O)c1ccc(NN)nc1. The number of hydrogen-bond acceptors (Lipinski definition) is 5. The van der Waals surface area contributed by atoms with Crippen LogP contribution in [-0.4, -0.2) is 28.4 Å². The molecule has 0 aliphatic heterocycles. The number of pyridine rings is 1. The number of amides is 1. The fourth-order valence-electron chi connectivity index (χ4n) is 2.24. The molecule has 1 aliphatic rings. The van der Waals surface area contributed by atoms with Crippen molar-refractivity contribution in [3.05, 3.63) is 23.9 Å². The Morgan fingerprint density at radius 3 is 2.94 bits per heavy atom. The van der Waals surface area contributed by atoms with E-state index in [2.05, 4.69) is 22.0 Å². The summed E-state index contributed by atoms with van der Waals surface area (Å²) < 4.78 is 0. The van der Waals surface area contributed by atoms with Crippen LogP contribution in [0.5, 0.6) is 0 Å². The van der Waals surface area contributed by atoms with Gasteiger partial charge in [0.2, 0.25) is 0 Å². The van der Waals surface area contributed by atoms with Gasteiger partial charge in [0.05, 0.1) is 5.56 Å². The van der Waals surface area contributed by atoms with Gasteiger partial charge in [-0.15, -0.1) is 0 Å². The monoisotopic (exact) mass is 266 g/mol. The number of anilines is 1. The van der Waals surface area contributed by atoms with E-state index in [1.54, 1.807) is 12.1 Å². The summed E-state index contributed by atoms with van der Waals surface area (Å²) in [6.07, 6.45) is 7.06. The summed E-state index contributed by atoms with van der Waals surface area (Å²) in [5.41, 5.74) is 3.01. The number of nitrogen functional groups attached to an aromatic ring is 1. The number of carbonyl (C=O) groups is 1. The summed E-state index contributed by atoms with van der Waals surface area (Å²) >= 11 is 1.83. The van der Waals surface area contributed by atoms with Crippen molar-refractivity contribution in [1.29, 1.82) is 0 Å². The Balaban J connectivity index is 1.98. The standard InChI is InChI=1S/C12H18N4OS/c1-18-10-4-2-3-9(10)15-12(17)8-5-6-11(16-13)14-7-8/h5-7,9-10H,2-4,13H2,1H3,(H,14,16)(H,15,17). The van der Waals surface area contributed by atoms with Crippen LogP contribution in [0.2, 0.25) is 0 Å². The molecule has 0 radical (unpaired) electrons. The summed E-state index contributed by atoms with van der Waals surface area (Å²) in [6, 6.07) is 3.69. The van der Waals surface area contributed by atoms with Crippen LogP contribution in [0.15, 0.2) is 18.3 Å². The largest absolute Gasteiger partial charge is 0.348 e. The minimum Gasteiger partial charge on any atom is -0.348 e. The zero-order valence-corrected chi connectivity index (χ0v) is 11.2. The zero-order chi connectivity index (χ0) is 13.0. The minimum absolute atomic E-state index is 0.0583. The molecule has 2 unspecified atom stereocenters. The maximum absolute atomic E-state index is 12.0. The molecule has 1 aromatic heterocycles. The summed E-state index contributed by atoms with van der Waals surface area (Å²) in [6.45, 7) is 0. The topological polar surface area (TPSA) is 80.0 Å². The summed E-state index contributed by atoms with van der Waals surface area (Å²) in [5.74, 6) is 5.72. The zero-order valence-electron chi connectivity index (χ0n) is 10.3. The number of rotatable bonds is 4. The van der Waals surface area contributed by atoms with Gasteiger partial charge in [0.25, 0.3) is 5.91 Å². The van der Waals surface area contributed by atoms with Gasteiger partial charge in [0, 0.05) is 17.5 Å². The Kier molecular flexibility index (Phi) is 4.43. The molecule has 18 heavy (non-hydrogen) atoms. The number of carbonyl (C=O) groups excluding carboxylic acids is 1. The van der Waals surface area contributed by atoms with E-state index in [4.69, 9.17) is 5.84 Å². The van der Waals surface area contributed by atoms with Crippen LogP contribution in [-0.2, 0) is 0 Å². The molecule has 4 N–H and O–H groups in total. The smallest absolute Gasteiger partial charge is 0.253 e. The lowest BCUT2D eigenvalue weighted by atomic mass is 10.2. The summed E-state index contributed by atoms with van der Waals surface area (Å²) in [4.78, 5) is 16.1. The third-order valence-corrected chi connectivity index (χ3v) is 4.42. The highest BCUT2D eigenvalue weighted by Crippen LogP contribution is 2.28. The molecule has 1 aliphatic carbocycles. The molecule has 1 fully saturated rings. The Labute approximate surface area is 111 Å². The molecule has 0 saturated heterocycles. The van der Waals surface area contributed by atoms with E-state index < -0.39 is 0 Å². The van der Waals surface area contributed by atoms with Crippen molar-refractivity contribution in [3.8, 4) is 0 Å². The van der Waals surface area contributed by atoms with E-state index in [1.165, 1.54) is 19.0 Å². The second-order valence-corrected chi connectivity index (χ2v) is 5.44. The van der Waals surface area contributed by atoms with Crippen molar-refractivity contribution in [1.82, 2.24) is 10.3 Å². The van der Waals surface area contributed by atoms with Crippen LogP contribution >= 0.6 is 11.8 Å². The van der Waals surface area contributed by atoms with Gasteiger partial charge in [0.1, 0.15) is 5.82 Å². The summed E-state index contributed by atoms with van der Waals surface area (Å²) in [7, 11) is 0. The van der Waals surface area contributed by atoms with Gasteiger partial charge in [-0.2, -0.15) is 11.8 Å². The van der Waals surface area contributed by atoms with Crippen molar-refractivity contribution in [3.63, 3.8) is 0 Å². The lowest BCUT2D eigenvalue weighted by Crippen LogP contribution is -2.38. The fourth-order valence-corrected chi connectivity index (χ4v) is 3.17. The number of nitrogens with zero attached hydrogens (tertiary/aromatic N) is 1. The number of nitrogens with one attached hydrogen (secondary N) is 2. The average Bonchev–Trinajstić information content (AvgIpc) is 2.86. The Hall–Kier alpha value is -1.27. The molecule has 2 atom stereocenters. The first-order chi connectivity index (χ1) is 8.74. The third-order valence-electron chi connectivity index (χ3n) is 3.25. The van der Waals surface area contributed by atoms with Crippen LogP contribution in [0, 0.1) is 0 Å². The van der Waals surface area contributed by atoms with Gasteiger partial charge < -0.3 is 10.7 Å². The second kappa shape index (κ2) is 6.06. The molecule has 0 aromatic carbocycles. The molecule has 2 rings (SSSR count). The number of hydrazine groups is 1. The van der Waals surface area contributed by atoms with E-state index in [0.717, 1.165) is 6.42 Å². The van der Waals surface area contributed by atoms with E-state index in [9.17, 15) is 4.79 Å². The molecule has 1 amide bonds. The van der Waals surface area contributed by atoms with Crippen LogP contribution in [0.3, 0.4) is 0 Å². The van der Waals surface area contributed by atoms with E-state index >= 15 is 0 Å². The highest BCUT2D eigenvalue weighted by Gasteiger charge is 2.27. The van der Waals surface area contributed by atoms with Crippen molar-refractivity contribution in [2.75, 3.05) is 11.7 Å².